The highest BCUT2D eigenvalue weighted by atomic mass is 16.3. The van der Waals surface area contributed by atoms with E-state index in [1.807, 2.05) is 13.8 Å². The fourth-order valence-corrected chi connectivity index (χ4v) is 1.48. The predicted molar refractivity (Wildman–Crippen MR) is 54.1 cm³/mol. The third-order valence-corrected chi connectivity index (χ3v) is 2.30. The van der Waals surface area contributed by atoms with Gasteiger partial charge in [0.1, 0.15) is 0 Å². The zero-order valence-electron chi connectivity index (χ0n) is 8.59. The molecule has 0 fully saturated rings. The van der Waals surface area contributed by atoms with Crippen LogP contribution in [-0.2, 0) is 0 Å². The summed E-state index contributed by atoms with van der Waals surface area (Å²) >= 11 is 0. The predicted octanol–water partition coefficient (Wildman–Crippen LogP) is 3.14. The van der Waals surface area contributed by atoms with Crippen LogP contribution in [0.1, 0.15) is 46.5 Å². The summed E-state index contributed by atoms with van der Waals surface area (Å²) in [6, 6.07) is 0. The molecular weight excluding hydrogens is 148 g/mol. The Bertz CT molecular complexity index is 118. The summed E-state index contributed by atoms with van der Waals surface area (Å²) in [5.74, 6) is 0.469. The second-order valence-corrected chi connectivity index (χ2v) is 3.33. The Morgan fingerprint density at radius 2 is 2.00 bits per heavy atom. The minimum atomic E-state index is -0.110. The maximum Gasteiger partial charge on any atom is 0.0568 e. The van der Waals surface area contributed by atoms with Crippen molar-refractivity contribution in [2.75, 3.05) is 0 Å². The van der Waals surface area contributed by atoms with Crippen LogP contribution in [0.2, 0.25) is 0 Å². The summed E-state index contributed by atoms with van der Waals surface area (Å²) in [5, 5.41) is 9.64. The van der Waals surface area contributed by atoms with E-state index in [2.05, 4.69) is 19.1 Å². The standard InChI is InChI=1S/C11H22O/c1-4-7-9-10(8-5-2)11(12)6-3/h4,7,10-12H,5-6,8-9H2,1-3H3. The molecule has 0 bridgehead atoms. The summed E-state index contributed by atoms with van der Waals surface area (Å²) in [6.45, 7) is 6.25. The Hall–Kier alpha value is -0.300. The van der Waals surface area contributed by atoms with Gasteiger partial charge >= 0.3 is 0 Å². The van der Waals surface area contributed by atoms with Crippen molar-refractivity contribution in [3.05, 3.63) is 12.2 Å². The van der Waals surface area contributed by atoms with Gasteiger partial charge in [0.15, 0.2) is 0 Å². The SMILES string of the molecule is CC=CCC(CCC)C(O)CC. The van der Waals surface area contributed by atoms with E-state index in [0.717, 1.165) is 19.3 Å². The van der Waals surface area contributed by atoms with Gasteiger partial charge in [-0.1, -0.05) is 32.4 Å². The molecule has 1 nitrogen and oxygen atoms in total. The third kappa shape index (κ3) is 4.55. The van der Waals surface area contributed by atoms with E-state index in [0.29, 0.717) is 5.92 Å². The van der Waals surface area contributed by atoms with Gasteiger partial charge in [-0.25, -0.2) is 0 Å². The number of aliphatic hydroxyl groups is 1. The molecule has 0 amide bonds. The second-order valence-electron chi connectivity index (χ2n) is 3.33. The van der Waals surface area contributed by atoms with Crippen molar-refractivity contribution >= 4 is 0 Å². The first-order valence-electron chi connectivity index (χ1n) is 5.05. The van der Waals surface area contributed by atoms with Crippen LogP contribution in [-0.4, -0.2) is 11.2 Å². The maximum absolute atomic E-state index is 9.64. The van der Waals surface area contributed by atoms with Crippen LogP contribution in [0.15, 0.2) is 12.2 Å². The van der Waals surface area contributed by atoms with Crippen molar-refractivity contribution in [3.63, 3.8) is 0 Å². The average Bonchev–Trinajstić information content (AvgIpc) is 2.11. The molecule has 0 aliphatic heterocycles. The first kappa shape index (κ1) is 11.7. The first-order chi connectivity index (χ1) is 5.76. The molecule has 0 aromatic rings. The van der Waals surface area contributed by atoms with Crippen LogP contribution in [0.3, 0.4) is 0 Å². The van der Waals surface area contributed by atoms with E-state index in [1.165, 1.54) is 6.42 Å². The summed E-state index contributed by atoms with van der Waals surface area (Å²) in [7, 11) is 0. The Kier molecular flexibility index (Phi) is 7.17. The highest BCUT2D eigenvalue weighted by Gasteiger charge is 2.14. The first-order valence-corrected chi connectivity index (χ1v) is 5.05. The molecule has 1 N–H and O–H groups in total. The Morgan fingerprint density at radius 3 is 2.42 bits per heavy atom. The molecule has 0 aliphatic carbocycles. The van der Waals surface area contributed by atoms with Gasteiger partial charge in [0.2, 0.25) is 0 Å². The molecule has 0 heterocycles. The van der Waals surface area contributed by atoms with Crippen LogP contribution in [0.5, 0.6) is 0 Å². The lowest BCUT2D eigenvalue weighted by Crippen LogP contribution is -2.18. The molecule has 2 unspecified atom stereocenters. The van der Waals surface area contributed by atoms with Crippen molar-refractivity contribution in [2.24, 2.45) is 5.92 Å². The molecule has 0 aromatic heterocycles. The fourth-order valence-electron chi connectivity index (χ4n) is 1.48. The van der Waals surface area contributed by atoms with Crippen LogP contribution in [0.4, 0.5) is 0 Å². The summed E-state index contributed by atoms with van der Waals surface area (Å²) in [4.78, 5) is 0. The van der Waals surface area contributed by atoms with E-state index < -0.39 is 0 Å². The fraction of sp³-hybridized carbons (Fsp3) is 0.818. The monoisotopic (exact) mass is 170 g/mol. The van der Waals surface area contributed by atoms with Crippen molar-refractivity contribution in [1.82, 2.24) is 0 Å². The van der Waals surface area contributed by atoms with Crippen LogP contribution in [0, 0.1) is 5.92 Å². The second kappa shape index (κ2) is 7.35. The minimum Gasteiger partial charge on any atom is -0.393 e. The molecule has 0 spiro atoms. The number of hydrogen-bond acceptors (Lipinski definition) is 1. The van der Waals surface area contributed by atoms with Gasteiger partial charge in [0.25, 0.3) is 0 Å². The summed E-state index contributed by atoms with van der Waals surface area (Å²) in [6.07, 6.45) is 8.31. The molecule has 0 aliphatic rings. The maximum atomic E-state index is 9.64. The van der Waals surface area contributed by atoms with Crippen LogP contribution in [0.25, 0.3) is 0 Å². The Morgan fingerprint density at radius 1 is 1.33 bits per heavy atom. The van der Waals surface area contributed by atoms with Crippen LogP contribution < -0.4 is 0 Å². The van der Waals surface area contributed by atoms with E-state index in [4.69, 9.17) is 0 Å². The summed E-state index contributed by atoms with van der Waals surface area (Å²) in [5.41, 5.74) is 0. The Labute approximate surface area is 76.5 Å². The molecule has 2 atom stereocenters. The summed E-state index contributed by atoms with van der Waals surface area (Å²) < 4.78 is 0. The molecule has 0 saturated carbocycles. The smallest absolute Gasteiger partial charge is 0.0568 e. The normalized spacial score (nSPS) is 16.7. The van der Waals surface area contributed by atoms with Gasteiger partial charge in [-0.05, 0) is 32.1 Å². The molecule has 0 aromatic carbocycles. The lowest BCUT2D eigenvalue weighted by molar-refractivity contribution is 0.0994. The van der Waals surface area contributed by atoms with E-state index in [-0.39, 0.29) is 6.10 Å². The molecular formula is C11H22O. The van der Waals surface area contributed by atoms with Gasteiger partial charge in [-0.2, -0.15) is 0 Å². The van der Waals surface area contributed by atoms with Gasteiger partial charge < -0.3 is 5.11 Å². The largest absolute Gasteiger partial charge is 0.393 e. The average molecular weight is 170 g/mol. The van der Waals surface area contributed by atoms with Gasteiger partial charge in [0, 0.05) is 0 Å². The number of aliphatic hydroxyl groups excluding tert-OH is 1. The zero-order chi connectivity index (χ0) is 9.40. The molecule has 12 heavy (non-hydrogen) atoms. The molecule has 0 rings (SSSR count). The number of rotatable bonds is 6. The Balaban J connectivity index is 3.84. The molecule has 0 radical (unpaired) electrons. The lowest BCUT2D eigenvalue weighted by Gasteiger charge is -2.19. The highest BCUT2D eigenvalue weighted by molar-refractivity contribution is 4.82. The zero-order valence-corrected chi connectivity index (χ0v) is 8.59. The van der Waals surface area contributed by atoms with Crippen molar-refractivity contribution in [1.29, 1.82) is 0 Å². The molecule has 1 heteroatoms. The molecule has 72 valence electrons. The van der Waals surface area contributed by atoms with E-state index in [1.54, 1.807) is 0 Å². The van der Waals surface area contributed by atoms with E-state index in [9.17, 15) is 5.11 Å². The van der Waals surface area contributed by atoms with Crippen molar-refractivity contribution in [3.8, 4) is 0 Å². The van der Waals surface area contributed by atoms with Crippen LogP contribution >= 0.6 is 0 Å². The van der Waals surface area contributed by atoms with Crippen molar-refractivity contribution in [2.45, 2.75) is 52.6 Å². The third-order valence-electron chi connectivity index (χ3n) is 2.30. The lowest BCUT2D eigenvalue weighted by atomic mass is 9.92. The number of allylic oxidation sites excluding steroid dienone is 2. The number of hydrogen-bond donors (Lipinski definition) is 1. The van der Waals surface area contributed by atoms with Crippen molar-refractivity contribution < 1.29 is 5.11 Å². The highest BCUT2D eigenvalue weighted by Crippen LogP contribution is 2.18. The van der Waals surface area contributed by atoms with E-state index >= 15 is 0 Å². The van der Waals surface area contributed by atoms with Gasteiger partial charge in [0.05, 0.1) is 6.10 Å². The van der Waals surface area contributed by atoms with Gasteiger partial charge in [-0.15, -0.1) is 0 Å². The topological polar surface area (TPSA) is 20.2 Å². The van der Waals surface area contributed by atoms with Gasteiger partial charge in [-0.3, -0.25) is 0 Å². The quantitative estimate of drug-likeness (QED) is 0.607. The molecule has 0 saturated heterocycles. The minimum absolute atomic E-state index is 0.110.